The number of aromatic nitrogens is 4. The highest BCUT2D eigenvalue weighted by molar-refractivity contribution is 5.79. The maximum Gasteiger partial charge on any atom is 0.355 e. The molecule has 1 aliphatic rings. The van der Waals surface area contributed by atoms with Crippen molar-refractivity contribution < 1.29 is 9.13 Å². The molecule has 4 aromatic rings. The van der Waals surface area contributed by atoms with Crippen molar-refractivity contribution in [1.29, 1.82) is 0 Å². The number of hydrogen-bond acceptors (Lipinski definition) is 4. The fourth-order valence-corrected chi connectivity index (χ4v) is 3.70. The van der Waals surface area contributed by atoms with E-state index in [4.69, 9.17) is 4.74 Å². The molecule has 6 nitrogen and oxygen atoms in total. The third-order valence-electron chi connectivity index (χ3n) is 5.24. The summed E-state index contributed by atoms with van der Waals surface area (Å²) in [4.78, 5) is 17.1. The highest BCUT2D eigenvalue weighted by Gasteiger charge is 2.24. The largest absolute Gasteiger partial charge is 0.490 e. The van der Waals surface area contributed by atoms with Gasteiger partial charge in [-0.15, -0.1) is 0 Å². The van der Waals surface area contributed by atoms with Gasteiger partial charge in [0, 0.05) is 11.3 Å². The lowest BCUT2D eigenvalue weighted by molar-refractivity contribution is 0.303. The van der Waals surface area contributed by atoms with Crippen LogP contribution in [-0.4, -0.2) is 25.3 Å². The Kier molecular flexibility index (Phi) is 3.97. The van der Waals surface area contributed by atoms with Crippen molar-refractivity contribution >= 4 is 5.52 Å². The summed E-state index contributed by atoms with van der Waals surface area (Å²) in [6.07, 6.45) is 5.23. The van der Waals surface area contributed by atoms with Gasteiger partial charge in [-0.05, 0) is 62.1 Å². The second-order valence-corrected chi connectivity index (χ2v) is 7.32. The van der Waals surface area contributed by atoms with Crippen LogP contribution in [-0.2, 0) is 0 Å². The van der Waals surface area contributed by atoms with Crippen molar-refractivity contribution in [2.45, 2.75) is 32.8 Å². The Morgan fingerprint density at radius 1 is 1.14 bits per heavy atom. The number of ether oxygens (including phenoxy) is 1. The zero-order valence-electron chi connectivity index (χ0n) is 16.1. The lowest BCUT2D eigenvalue weighted by Crippen LogP contribution is -2.28. The molecule has 7 heteroatoms. The average molecular weight is 390 g/mol. The Labute approximate surface area is 166 Å². The highest BCUT2D eigenvalue weighted by Crippen LogP contribution is 2.34. The van der Waals surface area contributed by atoms with E-state index < -0.39 is 5.82 Å². The van der Waals surface area contributed by atoms with Crippen LogP contribution < -0.4 is 10.4 Å². The van der Waals surface area contributed by atoms with Crippen LogP contribution in [0.15, 0.2) is 53.6 Å². The maximum absolute atomic E-state index is 13.2. The fourth-order valence-electron chi connectivity index (χ4n) is 3.70. The SMILES string of the molecule is Cc1c(-c2cccc(OC3CC3)c2)c(C)n2c(=O)n(-c3ccc(F)cn3)ncc12. The van der Waals surface area contributed by atoms with E-state index in [1.165, 1.54) is 16.8 Å². The van der Waals surface area contributed by atoms with E-state index >= 15 is 0 Å². The smallest absolute Gasteiger partial charge is 0.355 e. The number of nitrogens with zero attached hydrogens (tertiary/aromatic N) is 4. The molecule has 0 bridgehead atoms. The molecular formula is C22H19FN4O2. The third-order valence-corrected chi connectivity index (χ3v) is 5.24. The summed E-state index contributed by atoms with van der Waals surface area (Å²) >= 11 is 0. The minimum Gasteiger partial charge on any atom is -0.490 e. The van der Waals surface area contributed by atoms with Gasteiger partial charge in [-0.1, -0.05) is 12.1 Å². The number of fused-ring (bicyclic) bond motifs is 1. The predicted octanol–water partition coefficient (Wildman–Crippen LogP) is 3.84. The summed E-state index contributed by atoms with van der Waals surface area (Å²) in [6.45, 7) is 3.89. The van der Waals surface area contributed by atoms with Gasteiger partial charge in [0.05, 0.1) is 24.0 Å². The molecule has 0 aliphatic heterocycles. The van der Waals surface area contributed by atoms with Gasteiger partial charge in [0.1, 0.15) is 11.6 Å². The summed E-state index contributed by atoms with van der Waals surface area (Å²) in [5.74, 6) is 0.641. The molecule has 0 N–H and O–H groups in total. The van der Waals surface area contributed by atoms with Gasteiger partial charge in [-0.2, -0.15) is 9.78 Å². The monoisotopic (exact) mass is 390 g/mol. The first-order valence-corrected chi connectivity index (χ1v) is 9.52. The van der Waals surface area contributed by atoms with E-state index in [2.05, 4.69) is 10.1 Å². The standard InChI is InChI=1S/C22H19FN4O2/c1-13-19-12-25-27(20-9-6-16(23)11-24-20)22(28)26(19)14(2)21(13)15-4-3-5-18(10-15)29-17-7-8-17/h3-6,9-12,17H,7-8H2,1-2H3. The summed E-state index contributed by atoms with van der Waals surface area (Å²) in [7, 11) is 0. The van der Waals surface area contributed by atoms with Crippen LogP contribution >= 0.6 is 0 Å². The second kappa shape index (κ2) is 6.55. The molecular weight excluding hydrogens is 371 g/mol. The molecule has 0 amide bonds. The van der Waals surface area contributed by atoms with Crippen LogP contribution in [0.25, 0.3) is 22.5 Å². The molecule has 0 radical (unpaired) electrons. The molecule has 29 heavy (non-hydrogen) atoms. The topological polar surface area (TPSA) is 61.4 Å². The van der Waals surface area contributed by atoms with Gasteiger partial charge in [0.15, 0.2) is 5.82 Å². The molecule has 3 heterocycles. The van der Waals surface area contributed by atoms with E-state index in [-0.39, 0.29) is 11.5 Å². The Morgan fingerprint density at radius 2 is 1.97 bits per heavy atom. The fraction of sp³-hybridized carbons (Fsp3) is 0.227. The molecule has 0 atom stereocenters. The molecule has 0 saturated heterocycles. The molecule has 1 saturated carbocycles. The normalized spacial score (nSPS) is 13.8. The molecule has 0 spiro atoms. The van der Waals surface area contributed by atoms with Gasteiger partial charge < -0.3 is 4.74 Å². The number of rotatable bonds is 4. The van der Waals surface area contributed by atoms with Crippen LogP contribution in [0.1, 0.15) is 24.1 Å². The lowest BCUT2D eigenvalue weighted by atomic mass is 10.0. The van der Waals surface area contributed by atoms with Gasteiger partial charge in [-0.25, -0.2) is 14.2 Å². The summed E-state index contributed by atoms with van der Waals surface area (Å²) in [5.41, 5.74) is 4.13. The number of hydrogen-bond donors (Lipinski definition) is 0. The minimum absolute atomic E-state index is 0.269. The molecule has 146 valence electrons. The van der Waals surface area contributed by atoms with E-state index in [9.17, 15) is 9.18 Å². The zero-order valence-corrected chi connectivity index (χ0v) is 16.1. The minimum atomic E-state index is -0.466. The number of aryl methyl sites for hydroxylation is 2. The van der Waals surface area contributed by atoms with Crippen LogP contribution in [0.2, 0.25) is 0 Å². The molecule has 1 aromatic carbocycles. The van der Waals surface area contributed by atoms with Crippen molar-refractivity contribution in [3.63, 3.8) is 0 Å². The van der Waals surface area contributed by atoms with Crippen LogP contribution in [0.3, 0.4) is 0 Å². The van der Waals surface area contributed by atoms with Crippen molar-refractivity contribution in [3.05, 3.63) is 76.4 Å². The first kappa shape index (κ1) is 17.6. The molecule has 1 aliphatic carbocycles. The summed E-state index contributed by atoms with van der Waals surface area (Å²) in [6, 6.07) is 10.6. The number of pyridine rings is 1. The van der Waals surface area contributed by atoms with Gasteiger partial charge in [0.25, 0.3) is 0 Å². The van der Waals surface area contributed by atoms with E-state index in [1.807, 2.05) is 38.1 Å². The first-order valence-electron chi connectivity index (χ1n) is 9.52. The van der Waals surface area contributed by atoms with Gasteiger partial charge in [-0.3, -0.25) is 4.40 Å². The van der Waals surface area contributed by atoms with Crippen molar-refractivity contribution in [2.24, 2.45) is 0 Å². The zero-order chi connectivity index (χ0) is 20.1. The van der Waals surface area contributed by atoms with Crippen molar-refractivity contribution in [3.8, 4) is 22.7 Å². The lowest BCUT2D eigenvalue weighted by Gasteiger charge is -2.08. The summed E-state index contributed by atoms with van der Waals surface area (Å²) < 4.78 is 21.9. The highest BCUT2D eigenvalue weighted by atomic mass is 19.1. The summed E-state index contributed by atoms with van der Waals surface area (Å²) in [5, 5.41) is 4.25. The van der Waals surface area contributed by atoms with Crippen molar-refractivity contribution in [2.75, 3.05) is 0 Å². The van der Waals surface area contributed by atoms with Gasteiger partial charge >= 0.3 is 5.69 Å². The average Bonchev–Trinajstić information content (AvgIpc) is 3.48. The number of benzene rings is 1. The van der Waals surface area contributed by atoms with Crippen LogP contribution in [0.5, 0.6) is 5.75 Å². The second-order valence-electron chi connectivity index (χ2n) is 7.32. The van der Waals surface area contributed by atoms with E-state index in [0.717, 1.165) is 52.7 Å². The Bertz CT molecular complexity index is 1290. The maximum atomic E-state index is 13.2. The van der Waals surface area contributed by atoms with E-state index in [0.29, 0.717) is 6.10 Å². The third kappa shape index (κ3) is 2.99. The first-order chi connectivity index (χ1) is 14.0. The Balaban J connectivity index is 1.67. The van der Waals surface area contributed by atoms with E-state index in [1.54, 1.807) is 10.6 Å². The molecule has 0 unspecified atom stereocenters. The quantitative estimate of drug-likeness (QED) is 0.531. The molecule has 1 fully saturated rings. The van der Waals surface area contributed by atoms with Gasteiger partial charge in [0.2, 0.25) is 0 Å². The molecule has 3 aromatic heterocycles. The number of halogens is 1. The molecule has 5 rings (SSSR count). The Morgan fingerprint density at radius 3 is 2.69 bits per heavy atom. The Hall–Kier alpha value is -3.48. The van der Waals surface area contributed by atoms with Crippen molar-refractivity contribution in [1.82, 2.24) is 19.2 Å². The van der Waals surface area contributed by atoms with Crippen LogP contribution in [0.4, 0.5) is 4.39 Å². The predicted molar refractivity (Wildman–Crippen MR) is 107 cm³/mol. The van der Waals surface area contributed by atoms with Crippen LogP contribution in [0, 0.1) is 19.7 Å².